The molecular weight excluding hydrogens is 404 g/mol. The Bertz CT molecular complexity index is 870. The first-order chi connectivity index (χ1) is 14.5. The topological polar surface area (TPSA) is 76.9 Å². The number of piperidine rings is 1. The monoisotopic (exact) mass is 430 g/mol. The van der Waals surface area contributed by atoms with Crippen LogP contribution in [-0.2, 0) is 9.53 Å². The van der Waals surface area contributed by atoms with Gasteiger partial charge in [-0.15, -0.1) is 0 Å². The fraction of sp³-hybridized carbons (Fsp3) is 0.591. The number of nitrogens with zero attached hydrogens (tertiary/aromatic N) is 4. The van der Waals surface area contributed by atoms with Crippen LogP contribution in [0.5, 0.6) is 0 Å². The quantitative estimate of drug-likeness (QED) is 0.685. The first-order valence-corrected chi connectivity index (χ1v) is 11.0. The molecular formula is C22H27ClN4O3. The van der Waals surface area contributed by atoms with Crippen molar-refractivity contribution in [3.8, 4) is 6.07 Å². The van der Waals surface area contributed by atoms with Crippen LogP contribution in [0.3, 0.4) is 0 Å². The highest BCUT2D eigenvalue weighted by molar-refractivity contribution is 6.32. The third-order valence-electron chi connectivity index (χ3n) is 6.73. The summed E-state index contributed by atoms with van der Waals surface area (Å²) in [7, 11) is 0. The van der Waals surface area contributed by atoms with Crippen LogP contribution < -0.4 is 4.90 Å². The maximum Gasteiger partial charge on any atom is 0.332 e. The van der Waals surface area contributed by atoms with Crippen molar-refractivity contribution in [2.24, 2.45) is 5.92 Å². The molecule has 0 N–H and O–H groups in total. The van der Waals surface area contributed by atoms with Crippen molar-refractivity contribution >= 4 is 29.2 Å². The first-order valence-electron chi connectivity index (χ1n) is 10.7. The maximum atomic E-state index is 13.6. The van der Waals surface area contributed by atoms with Gasteiger partial charge in [-0.2, -0.15) is 5.26 Å². The van der Waals surface area contributed by atoms with Gasteiger partial charge in [-0.1, -0.05) is 11.6 Å². The number of likely N-dealkylation sites (tertiary alicyclic amines) is 1. The Labute approximate surface area is 182 Å². The third-order valence-corrected chi connectivity index (χ3v) is 7.05. The minimum atomic E-state index is -0.801. The van der Waals surface area contributed by atoms with E-state index in [2.05, 4.69) is 4.90 Å². The number of carbonyl (C=O) groups is 2. The van der Waals surface area contributed by atoms with Crippen molar-refractivity contribution in [1.82, 2.24) is 9.80 Å². The SMILES string of the molecule is CCN1C(=O)N(c2ccc(Cl)c(C#N)c2)C(=O)C12CCN(CC1CCOCC1)CC2. The molecule has 7 nitrogen and oxygen atoms in total. The second-order valence-corrected chi connectivity index (χ2v) is 8.74. The first kappa shape index (κ1) is 21.1. The van der Waals surface area contributed by atoms with E-state index in [1.165, 1.54) is 11.0 Å². The fourth-order valence-electron chi connectivity index (χ4n) is 5.00. The maximum absolute atomic E-state index is 13.6. The number of hydrogen-bond donors (Lipinski definition) is 0. The molecule has 0 bridgehead atoms. The molecule has 0 aliphatic carbocycles. The summed E-state index contributed by atoms with van der Waals surface area (Å²) in [4.78, 5) is 32.1. The Hall–Kier alpha value is -2.14. The van der Waals surface area contributed by atoms with Crippen LogP contribution >= 0.6 is 11.6 Å². The highest BCUT2D eigenvalue weighted by Gasteiger charge is 2.57. The van der Waals surface area contributed by atoms with Crippen molar-refractivity contribution < 1.29 is 14.3 Å². The Balaban J connectivity index is 1.53. The summed E-state index contributed by atoms with van der Waals surface area (Å²) < 4.78 is 5.46. The molecule has 0 radical (unpaired) electrons. The molecule has 160 valence electrons. The minimum absolute atomic E-state index is 0.189. The average Bonchev–Trinajstić information content (AvgIpc) is 2.97. The number of likely N-dealkylation sites (N-methyl/N-ethyl adjacent to an activating group) is 1. The molecule has 0 aromatic heterocycles. The van der Waals surface area contributed by atoms with Gasteiger partial charge in [0.05, 0.1) is 16.3 Å². The van der Waals surface area contributed by atoms with Gasteiger partial charge in [-0.3, -0.25) is 4.79 Å². The number of urea groups is 1. The Kier molecular flexibility index (Phi) is 6.01. The average molecular weight is 431 g/mol. The molecule has 1 spiro atoms. The van der Waals surface area contributed by atoms with Crippen LogP contribution in [0.25, 0.3) is 0 Å². The molecule has 30 heavy (non-hydrogen) atoms. The third kappa shape index (κ3) is 3.58. The van der Waals surface area contributed by atoms with Crippen LogP contribution in [0.15, 0.2) is 18.2 Å². The largest absolute Gasteiger partial charge is 0.381 e. The summed E-state index contributed by atoms with van der Waals surface area (Å²) in [5.41, 5.74) is -0.138. The summed E-state index contributed by atoms with van der Waals surface area (Å²) in [5.74, 6) is 0.456. The van der Waals surface area contributed by atoms with Crippen molar-refractivity contribution in [1.29, 1.82) is 5.26 Å². The molecule has 3 heterocycles. The zero-order valence-electron chi connectivity index (χ0n) is 17.3. The lowest BCUT2D eigenvalue weighted by atomic mass is 9.85. The standard InChI is InChI=1S/C22H27ClN4O3/c1-2-26-21(29)27(18-3-4-19(23)17(13-18)14-24)20(28)22(26)7-9-25(10-8-22)15-16-5-11-30-12-6-16/h3-4,13,16H,2,5-12,15H2,1H3. The lowest BCUT2D eigenvalue weighted by Gasteiger charge is -2.43. The van der Waals surface area contributed by atoms with Crippen molar-refractivity contribution in [3.63, 3.8) is 0 Å². The highest BCUT2D eigenvalue weighted by Crippen LogP contribution is 2.40. The number of imide groups is 1. The number of halogens is 1. The van der Waals surface area contributed by atoms with Crippen molar-refractivity contribution in [2.75, 3.05) is 44.3 Å². The van der Waals surface area contributed by atoms with Crippen LogP contribution in [0.1, 0.15) is 38.2 Å². The molecule has 0 atom stereocenters. The predicted octanol–water partition coefficient (Wildman–Crippen LogP) is 3.26. The van der Waals surface area contributed by atoms with Crippen molar-refractivity contribution in [3.05, 3.63) is 28.8 Å². The summed E-state index contributed by atoms with van der Waals surface area (Å²) >= 11 is 6.04. The van der Waals surface area contributed by atoms with Gasteiger partial charge < -0.3 is 14.5 Å². The normalized spacial score (nSPS) is 22.7. The van der Waals surface area contributed by atoms with Crippen molar-refractivity contribution in [2.45, 2.75) is 38.1 Å². The summed E-state index contributed by atoms with van der Waals surface area (Å²) in [6.45, 7) is 6.67. The summed E-state index contributed by atoms with van der Waals surface area (Å²) in [6.07, 6.45) is 3.44. The molecule has 3 amide bonds. The zero-order chi connectivity index (χ0) is 21.3. The Morgan fingerprint density at radius 2 is 1.93 bits per heavy atom. The number of nitriles is 1. The molecule has 3 fully saturated rings. The van der Waals surface area contributed by atoms with Gasteiger partial charge in [0.15, 0.2) is 0 Å². The molecule has 3 aliphatic heterocycles. The molecule has 0 saturated carbocycles. The second kappa shape index (κ2) is 8.54. The molecule has 3 aliphatic rings. The van der Waals surface area contributed by atoms with E-state index in [0.717, 1.165) is 45.7 Å². The Morgan fingerprint density at radius 1 is 1.23 bits per heavy atom. The molecule has 1 aromatic rings. The minimum Gasteiger partial charge on any atom is -0.381 e. The number of ether oxygens (including phenoxy) is 1. The van der Waals surface area contributed by atoms with Crippen LogP contribution in [0, 0.1) is 17.2 Å². The molecule has 1 aromatic carbocycles. The number of hydrogen-bond acceptors (Lipinski definition) is 5. The smallest absolute Gasteiger partial charge is 0.332 e. The second-order valence-electron chi connectivity index (χ2n) is 8.33. The van der Waals surface area contributed by atoms with Crippen LogP contribution in [-0.4, -0.2) is 66.7 Å². The highest BCUT2D eigenvalue weighted by atomic mass is 35.5. The molecule has 8 heteroatoms. The lowest BCUT2D eigenvalue weighted by Crippen LogP contribution is -2.57. The van der Waals surface area contributed by atoms with E-state index < -0.39 is 5.54 Å². The zero-order valence-corrected chi connectivity index (χ0v) is 18.0. The van der Waals surface area contributed by atoms with E-state index in [0.29, 0.717) is 36.0 Å². The molecule has 0 unspecified atom stereocenters. The van der Waals surface area contributed by atoms with Crippen LogP contribution in [0.2, 0.25) is 5.02 Å². The van der Waals surface area contributed by atoms with Gasteiger partial charge in [0.1, 0.15) is 11.6 Å². The molecule has 4 rings (SSSR count). The van der Waals surface area contributed by atoms with Gasteiger partial charge in [-0.25, -0.2) is 9.69 Å². The van der Waals surface area contributed by atoms with Gasteiger partial charge in [0.25, 0.3) is 5.91 Å². The van der Waals surface area contributed by atoms with Gasteiger partial charge in [0.2, 0.25) is 0 Å². The number of rotatable bonds is 4. The van der Waals surface area contributed by atoms with E-state index in [1.807, 2.05) is 13.0 Å². The number of benzene rings is 1. The van der Waals surface area contributed by atoms with Gasteiger partial charge >= 0.3 is 6.03 Å². The Morgan fingerprint density at radius 3 is 2.57 bits per heavy atom. The van der Waals surface area contributed by atoms with Gasteiger partial charge in [-0.05, 0) is 56.7 Å². The fourth-order valence-corrected chi connectivity index (χ4v) is 5.16. The van der Waals surface area contributed by atoms with E-state index in [9.17, 15) is 14.9 Å². The van der Waals surface area contributed by atoms with E-state index >= 15 is 0 Å². The number of amides is 3. The number of anilines is 1. The van der Waals surface area contributed by atoms with E-state index in [4.69, 9.17) is 16.3 Å². The summed E-state index contributed by atoms with van der Waals surface area (Å²) in [5, 5.41) is 9.58. The number of carbonyl (C=O) groups excluding carboxylic acids is 2. The van der Waals surface area contributed by atoms with Crippen LogP contribution in [0.4, 0.5) is 10.5 Å². The lowest BCUT2D eigenvalue weighted by molar-refractivity contribution is -0.127. The van der Waals surface area contributed by atoms with Gasteiger partial charge in [0, 0.05) is 39.4 Å². The van der Waals surface area contributed by atoms with E-state index in [-0.39, 0.29) is 17.5 Å². The van der Waals surface area contributed by atoms with E-state index in [1.54, 1.807) is 17.0 Å². The predicted molar refractivity (Wildman–Crippen MR) is 113 cm³/mol. The summed E-state index contributed by atoms with van der Waals surface area (Å²) in [6, 6.07) is 6.42. The molecule has 3 saturated heterocycles.